The smallest absolute Gasteiger partial charge is 0.277 e. The lowest BCUT2D eigenvalue weighted by Crippen LogP contribution is -2.25. The van der Waals surface area contributed by atoms with Gasteiger partial charge in [0.2, 0.25) is 0 Å². The molecule has 5 nitrogen and oxygen atoms in total. The number of benzene rings is 2. The first kappa shape index (κ1) is 21.6. The van der Waals surface area contributed by atoms with Crippen molar-refractivity contribution in [3.05, 3.63) is 71.4 Å². The van der Waals surface area contributed by atoms with E-state index < -0.39 is 0 Å². The number of allylic oxidation sites excluding steroid dienone is 2. The third-order valence-corrected chi connectivity index (χ3v) is 5.53. The first-order chi connectivity index (χ1) is 14.1. The van der Waals surface area contributed by atoms with Crippen molar-refractivity contribution in [3.8, 4) is 5.75 Å². The van der Waals surface area contributed by atoms with Crippen LogP contribution in [0.4, 0.5) is 5.69 Å². The molecule has 1 heterocycles. The second kappa shape index (κ2) is 8.34. The summed E-state index contributed by atoms with van der Waals surface area (Å²) in [5, 5.41) is 4.05. The molecule has 0 spiro atoms. The van der Waals surface area contributed by atoms with Gasteiger partial charge in [-0.15, -0.1) is 0 Å². The van der Waals surface area contributed by atoms with Crippen LogP contribution in [-0.4, -0.2) is 25.8 Å². The number of nitrogens with zero attached hydrogens (tertiary/aromatic N) is 2. The Hall–Kier alpha value is -3.08. The maximum absolute atomic E-state index is 12.0. The summed E-state index contributed by atoms with van der Waals surface area (Å²) < 4.78 is 5.55. The molecule has 0 unspecified atom stereocenters. The van der Waals surface area contributed by atoms with Crippen LogP contribution in [0.3, 0.4) is 0 Å². The number of anilines is 1. The standard InChI is InChI=1S/C25H31N3O2/c1-24(2,3)18-11-13-19(14-12-18)30-17-23(29)27-26-16-15-22-25(4,5)20-9-7-8-10-21(20)28(22)6/h7-16H,17H2,1-6H3,(H,27,29)/b22-15-,26-16-. The Labute approximate surface area is 179 Å². The molecule has 5 heteroatoms. The summed E-state index contributed by atoms with van der Waals surface area (Å²) in [6, 6.07) is 16.2. The van der Waals surface area contributed by atoms with Crippen molar-refractivity contribution < 1.29 is 9.53 Å². The van der Waals surface area contributed by atoms with Crippen molar-refractivity contribution in [2.24, 2.45) is 5.10 Å². The average Bonchev–Trinajstić information content (AvgIpc) is 2.90. The molecule has 0 radical (unpaired) electrons. The lowest BCUT2D eigenvalue weighted by molar-refractivity contribution is -0.123. The molecule has 0 fully saturated rings. The number of ether oxygens (including phenoxy) is 1. The molecule has 0 saturated heterocycles. The molecule has 30 heavy (non-hydrogen) atoms. The minimum Gasteiger partial charge on any atom is -0.484 e. The fourth-order valence-electron chi connectivity index (χ4n) is 3.75. The molecule has 0 aromatic heterocycles. The number of rotatable bonds is 5. The third kappa shape index (κ3) is 4.56. The van der Waals surface area contributed by atoms with Crippen molar-refractivity contribution in [2.75, 3.05) is 18.6 Å². The van der Waals surface area contributed by atoms with E-state index in [0.717, 1.165) is 5.70 Å². The van der Waals surface area contributed by atoms with Gasteiger partial charge in [-0.2, -0.15) is 5.10 Å². The zero-order valence-electron chi connectivity index (χ0n) is 18.7. The van der Waals surface area contributed by atoms with Crippen molar-refractivity contribution >= 4 is 17.8 Å². The molecule has 3 rings (SSSR count). The van der Waals surface area contributed by atoms with Gasteiger partial charge in [0, 0.05) is 30.1 Å². The zero-order valence-corrected chi connectivity index (χ0v) is 18.7. The topological polar surface area (TPSA) is 53.9 Å². The highest BCUT2D eigenvalue weighted by molar-refractivity contribution is 5.82. The average molecular weight is 406 g/mol. The van der Waals surface area contributed by atoms with Crippen LogP contribution < -0.4 is 15.1 Å². The molecule has 1 N–H and O–H groups in total. The van der Waals surface area contributed by atoms with Gasteiger partial charge in [0.1, 0.15) is 5.75 Å². The summed E-state index contributed by atoms with van der Waals surface area (Å²) in [7, 11) is 2.05. The number of hydrazone groups is 1. The summed E-state index contributed by atoms with van der Waals surface area (Å²) in [6.07, 6.45) is 3.56. The molecular weight excluding hydrogens is 374 g/mol. The number of carbonyl (C=O) groups excluding carboxylic acids is 1. The first-order valence-corrected chi connectivity index (χ1v) is 10.2. The number of hydrogen-bond donors (Lipinski definition) is 1. The minimum absolute atomic E-state index is 0.0837. The number of para-hydroxylation sites is 1. The fraction of sp³-hybridized carbons (Fsp3) is 0.360. The van der Waals surface area contributed by atoms with Gasteiger partial charge in [-0.05, 0) is 40.8 Å². The highest BCUT2D eigenvalue weighted by Crippen LogP contribution is 2.46. The van der Waals surface area contributed by atoms with Crippen LogP contribution in [0.1, 0.15) is 45.7 Å². The fourth-order valence-corrected chi connectivity index (χ4v) is 3.75. The molecule has 1 aliphatic heterocycles. The molecule has 1 aliphatic rings. The van der Waals surface area contributed by atoms with Gasteiger partial charge >= 0.3 is 0 Å². The normalized spacial score (nSPS) is 16.7. The summed E-state index contributed by atoms with van der Waals surface area (Å²) in [5.74, 6) is 0.364. The molecule has 0 bridgehead atoms. The lowest BCUT2D eigenvalue weighted by Gasteiger charge is -2.23. The minimum atomic E-state index is -0.299. The number of amides is 1. The third-order valence-electron chi connectivity index (χ3n) is 5.53. The predicted octanol–water partition coefficient (Wildman–Crippen LogP) is 4.78. The molecule has 0 atom stereocenters. The largest absolute Gasteiger partial charge is 0.484 e. The van der Waals surface area contributed by atoms with E-state index in [9.17, 15) is 4.79 Å². The predicted molar refractivity (Wildman–Crippen MR) is 123 cm³/mol. The Balaban J connectivity index is 1.54. The zero-order chi connectivity index (χ0) is 21.9. The van der Waals surface area contributed by atoms with Crippen molar-refractivity contribution in [1.29, 1.82) is 0 Å². The molecule has 1 amide bonds. The number of hydrogen-bond acceptors (Lipinski definition) is 4. The highest BCUT2D eigenvalue weighted by Gasteiger charge is 2.37. The summed E-state index contributed by atoms with van der Waals surface area (Å²) in [6.45, 7) is 10.8. The van der Waals surface area contributed by atoms with E-state index in [1.165, 1.54) is 16.8 Å². The second-order valence-corrected chi connectivity index (χ2v) is 9.13. The van der Waals surface area contributed by atoms with Crippen LogP contribution in [-0.2, 0) is 15.6 Å². The highest BCUT2D eigenvalue weighted by atomic mass is 16.5. The quantitative estimate of drug-likeness (QED) is 0.575. The van der Waals surface area contributed by atoms with Crippen molar-refractivity contribution in [1.82, 2.24) is 5.43 Å². The number of fused-ring (bicyclic) bond motifs is 1. The lowest BCUT2D eigenvalue weighted by atomic mass is 9.84. The van der Waals surface area contributed by atoms with E-state index >= 15 is 0 Å². The van der Waals surface area contributed by atoms with Crippen molar-refractivity contribution in [2.45, 2.75) is 45.4 Å². The number of carbonyl (C=O) groups is 1. The molecule has 0 saturated carbocycles. The Morgan fingerprint density at radius 3 is 2.43 bits per heavy atom. The van der Waals surface area contributed by atoms with Crippen LogP contribution in [0.2, 0.25) is 0 Å². The molecule has 158 valence electrons. The summed E-state index contributed by atoms with van der Waals surface area (Å²) in [4.78, 5) is 14.2. The molecule has 0 aliphatic carbocycles. The van der Waals surface area contributed by atoms with Gasteiger partial charge in [-0.3, -0.25) is 4.79 Å². The van der Waals surface area contributed by atoms with Crippen molar-refractivity contribution in [3.63, 3.8) is 0 Å². The van der Waals surface area contributed by atoms with E-state index in [0.29, 0.717) is 5.75 Å². The van der Waals surface area contributed by atoms with Crippen LogP contribution in [0.5, 0.6) is 5.75 Å². The Bertz CT molecular complexity index is 967. The second-order valence-electron chi connectivity index (χ2n) is 9.13. The maximum atomic E-state index is 12.0. The monoisotopic (exact) mass is 405 g/mol. The molecule has 2 aromatic rings. The number of nitrogens with one attached hydrogen (secondary N) is 1. The Morgan fingerprint density at radius 2 is 1.80 bits per heavy atom. The van der Waals surface area contributed by atoms with E-state index in [4.69, 9.17) is 4.74 Å². The van der Waals surface area contributed by atoms with Crippen LogP contribution in [0.15, 0.2) is 65.4 Å². The van der Waals surface area contributed by atoms with Crippen LogP contribution in [0.25, 0.3) is 0 Å². The van der Waals surface area contributed by atoms with E-state index in [1.54, 1.807) is 6.21 Å². The van der Waals surface area contributed by atoms with Gasteiger partial charge in [-0.25, -0.2) is 5.43 Å². The molecular formula is C25H31N3O2. The van der Waals surface area contributed by atoms with E-state index in [1.807, 2.05) is 43.5 Å². The SMILES string of the molecule is CN1/C(=C\C=N/NC(=O)COc2ccc(C(C)(C)C)cc2)C(C)(C)c2ccccc21. The Kier molecular flexibility index (Phi) is 6.01. The van der Waals surface area contributed by atoms with E-state index in [-0.39, 0.29) is 23.3 Å². The van der Waals surface area contributed by atoms with Gasteiger partial charge in [0.05, 0.1) is 0 Å². The van der Waals surface area contributed by atoms with Gasteiger partial charge in [-0.1, -0.05) is 65.0 Å². The summed E-state index contributed by atoms with van der Waals surface area (Å²) in [5.41, 5.74) is 7.30. The van der Waals surface area contributed by atoms with Crippen LogP contribution in [0, 0.1) is 0 Å². The maximum Gasteiger partial charge on any atom is 0.277 e. The van der Waals surface area contributed by atoms with Gasteiger partial charge < -0.3 is 9.64 Å². The number of likely N-dealkylation sites (N-methyl/N-ethyl adjacent to an activating group) is 1. The van der Waals surface area contributed by atoms with Gasteiger partial charge in [0.25, 0.3) is 5.91 Å². The summed E-state index contributed by atoms with van der Waals surface area (Å²) >= 11 is 0. The molecule has 2 aromatic carbocycles. The first-order valence-electron chi connectivity index (χ1n) is 10.2. The van der Waals surface area contributed by atoms with Crippen LogP contribution >= 0.6 is 0 Å². The Morgan fingerprint density at radius 1 is 1.13 bits per heavy atom. The van der Waals surface area contributed by atoms with E-state index in [2.05, 4.69) is 68.2 Å². The van der Waals surface area contributed by atoms with Gasteiger partial charge in [0.15, 0.2) is 6.61 Å².